The maximum atomic E-state index is 16.0. The molecule has 1 aromatic heterocycles. The van der Waals surface area contributed by atoms with Gasteiger partial charge in [0.05, 0.1) is 45.7 Å². The Kier molecular flexibility index (Phi) is 9.47. The van der Waals surface area contributed by atoms with Gasteiger partial charge in [0.2, 0.25) is 0 Å². The molecular weight excluding hydrogens is 635 g/mol. The summed E-state index contributed by atoms with van der Waals surface area (Å²) in [6.07, 6.45) is -1.08. The fourth-order valence-corrected chi connectivity index (χ4v) is 6.95. The van der Waals surface area contributed by atoms with Crippen molar-refractivity contribution < 1.29 is 28.1 Å². The van der Waals surface area contributed by atoms with Crippen LogP contribution in [0.25, 0.3) is 0 Å². The molecule has 2 unspecified atom stereocenters. The van der Waals surface area contributed by atoms with Gasteiger partial charge in [-0.05, 0) is 41.0 Å². The third-order valence-corrected chi connectivity index (χ3v) is 9.42. The van der Waals surface area contributed by atoms with Gasteiger partial charge in [-0.25, -0.2) is 14.4 Å². The van der Waals surface area contributed by atoms with Gasteiger partial charge < -0.3 is 28.7 Å². The number of methoxy groups -OCH3 is 2. The van der Waals surface area contributed by atoms with Crippen LogP contribution in [-0.2, 0) is 21.5 Å². The smallest absolute Gasteiger partial charge is 0.168 e. The number of ketones is 1. The van der Waals surface area contributed by atoms with E-state index in [1.807, 2.05) is 114 Å². The summed E-state index contributed by atoms with van der Waals surface area (Å²) in [7, 11) is 5.15. The van der Waals surface area contributed by atoms with Gasteiger partial charge in [-0.15, -0.1) is 0 Å². The molecule has 9 nitrogen and oxygen atoms in total. The molecule has 0 aliphatic carbocycles. The summed E-state index contributed by atoms with van der Waals surface area (Å²) in [6, 6.07) is 34.7. The first kappa shape index (κ1) is 33.2. The molecule has 0 radical (unpaired) electrons. The molecule has 1 fully saturated rings. The van der Waals surface area contributed by atoms with E-state index in [0.717, 1.165) is 28.2 Å². The minimum absolute atomic E-state index is 0.0494. The SMILES string of the molecule is COc1ccc(C(OCC2C[C@@H](F)C(N3CN(C)c4c(CC(=O)c5ccccc5)ncnc43)O2)(c2ccccc2)c2ccc(OC)cc2)cc1. The van der Waals surface area contributed by atoms with Gasteiger partial charge in [-0.1, -0.05) is 84.9 Å². The lowest BCUT2D eigenvalue weighted by Gasteiger charge is -2.37. The van der Waals surface area contributed by atoms with Crippen LogP contribution in [0, 0.1) is 0 Å². The van der Waals surface area contributed by atoms with Crippen molar-refractivity contribution in [1.82, 2.24) is 9.97 Å². The molecule has 10 heteroatoms. The number of hydrogen-bond acceptors (Lipinski definition) is 9. The van der Waals surface area contributed by atoms with E-state index >= 15 is 4.39 Å². The third-order valence-electron chi connectivity index (χ3n) is 9.42. The van der Waals surface area contributed by atoms with E-state index in [2.05, 4.69) is 9.97 Å². The van der Waals surface area contributed by atoms with Crippen LogP contribution < -0.4 is 19.3 Å². The van der Waals surface area contributed by atoms with Crippen molar-refractivity contribution in [2.75, 3.05) is 44.3 Å². The Morgan fingerprint density at radius 2 is 1.42 bits per heavy atom. The molecule has 0 spiro atoms. The third kappa shape index (κ3) is 6.28. The number of anilines is 2. The highest BCUT2D eigenvalue weighted by molar-refractivity contribution is 5.98. The number of carbonyl (C=O) groups is 1. The number of ether oxygens (including phenoxy) is 4. The monoisotopic (exact) mass is 674 g/mol. The van der Waals surface area contributed by atoms with Gasteiger partial charge in [0, 0.05) is 19.0 Å². The summed E-state index contributed by atoms with van der Waals surface area (Å²) >= 11 is 0. The molecule has 5 aromatic rings. The van der Waals surface area contributed by atoms with Crippen molar-refractivity contribution in [3.63, 3.8) is 0 Å². The molecule has 0 saturated carbocycles. The van der Waals surface area contributed by atoms with Crippen LogP contribution in [0.2, 0.25) is 0 Å². The number of fused-ring (bicyclic) bond motifs is 1. The Morgan fingerprint density at radius 3 is 2.02 bits per heavy atom. The zero-order valence-electron chi connectivity index (χ0n) is 28.2. The van der Waals surface area contributed by atoms with Crippen LogP contribution >= 0.6 is 0 Å². The number of rotatable bonds is 12. The van der Waals surface area contributed by atoms with E-state index in [0.29, 0.717) is 29.4 Å². The molecular formula is C40H39FN4O5. The molecule has 50 heavy (non-hydrogen) atoms. The topological polar surface area (TPSA) is 86.3 Å². The van der Waals surface area contributed by atoms with Crippen LogP contribution in [0.5, 0.6) is 11.5 Å². The maximum absolute atomic E-state index is 16.0. The summed E-state index contributed by atoms with van der Waals surface area (Å²) in [5.41, 5.74) is 3.52. The Balaban J connectivity index is 1.16. The zero-order chi connectivity index (χ0) is 34.7. The van der Waals surface area contributed by atoms with E-state index < -0.39 is 24.1 Å². The van der Waals surface area contributed by atoms with Gasteiger partial charge in [-0.3, -0.25) is 4.79 Å². The minimum atomic E-state index is -1.31. The summed E-state index contributed by atoms with van der Waals surface area (Å²) in [4.78, 5) is 25.8. The van der Waals surface area contributed by atoms with Crippen molar-refractivity contribution in [2.45, 2.75) is 36.9 Å². The predicted molar refractivity (Wildman–Crippen MR) is 189 cm³/mol. The van der Waals surface area contributed by atoms with Crippen molar-refractivity contribution in [1.29, 1.82) is 0 Å². The van der Waals surface area contributed by atoms with E-state index in [1.165, 1.54) is 6.33 Å². The molecule has 256 valence electrons. The van der Waals surface area contributed by atoms with Crippen LogP contribution in [0.1, 0.15) is 39.2 Å². The second-order valence-corrected chi connectivity index (χ2v) is 12.5. The second kappa shape index (κ2) is 14.3. The van der Waals surface area contributed by atoms with E-state index in [9.17, 15) is 4.79 Å². The molecule has 0 bridgehead atoms. The molecule has 3 heterocycles. The van der Waals surface area contributed by atoms with Crippen molar-refractivity contribution >= 4 is 17.3 Å². The van der Waals surface area contributed by atoms with Crippen LogP contribution in [-0.4, -0.2) is 68.8 Å². The van der Waals surface area contributed by atoms with Gasteiger partial charge in [0.25, 0.3) is 0 Å². The highest BCUT2D eigenvalue weighted by Crippen LogP contribution is 2.44. The lowest BCUT2D eigenvalue weighted by atomic mass is 9.80. The number of alkyl halides is 1. The Labute approximate surface area is 291 Å². The van der Waals surface area contributed by atoms with Gasteiger partial charge in [0.1, 0.15) is 35.3 Å². The zero-order valence-corrected chi connectivity index (χ0v) is 28.2. The van der Waals surface area contributed by atoms with Crippen molar-refractivity contribution in [3.05, 3.63) is 143 Å². The van der Waals surface area contributed by atoms with Crippen LogP contribution in [0.15, 0.2) is 116 Å². The average molecular weight is 675 g/mol. The van der Waals surface area contributed by atoms with Crippen molar-refractivity contribution in [3.8, 4) is 11.5 Å². The molecule has 0 amide bonds. The number of benzene rings is 4. The molecule has 1 saturated heterocycles. The van der Waals surface area contributed by atoms with Crippen LogP contribution in [0.4, 0.5) is 15.9 Å². The number of carbonyl (C=O) groups excluding carboxylic acids is 1. The van der Waals surface area contributed by atoms with E-state index in [4.69, 9.17) is 18.9 Å². The summed E-state index contributed by atoms with van der Waals surface area (Å²) in [5, 5.41) is 0. The fraction of sp³-hybridized carbons (Fsp3) is 0.275. The predicted octanol–water partition coefficient (Wildman–Crippen LogP) is 6.59. The Morgan fingerprint density at radius 1 is 0.840 bits per heavy atom. The molecule has 7 rings (SSSR count). The number of Topliss-reactive ketones (excluding diaryl/α,β-unsaturated/α-hetero) is 1. The normalized spacial score (nSPS) is 18.6. The quantitative estimate of drug-likeness (QED) is 0.107. The number of aromatic nitrogens is 2. The second-order valence-electron chi connectivity index (χ2n) is 12.5. The first-order chi connectivity index (χ1) is 24.4. The number of nitrogens with zero attached hydrogens (tertiary/aromatic N) is 4. The van der Waals surface area contributed by atoms with Gasteiger partial charge in [-0.2, -0.15) is 0 Å². The summed E-state index contributed by atoms with van der Waals surface area (Å²) < 4.78 is 40.4. The molecule has 2 aliphatic heterocycles. The molecule has 2 aliphatic rings. The number of hydrogen-bond donors (Lipinski definition) is 0. The summed E-state index contributed by atoms with van der Waals surface area (Å²) in [5.74, 6) is 1.94. The molecule has 3 atom stereocenters. The molecule has 0 N–H and O–H groups in total. The van der Waals surface area contributed by atoms with E-state index in [1.54, 1.807) is 26.4 Å². The van der Waals surface area contributed by atoms with Gasteiger partial charge >= 0.3 is 0 Å². The number of halogens is 1. The summed E-state index contributed by atoms with van der Waals surface area (Å²) in [6.45, 7) is 0.450. The average Bonchev–Trinajstić information content (AvgIpc) is 3.71. The lowest BCUT2D eigenvalue weighted by molar-refractivity contribution is -0.0636. The fourth-order valence-electron chi connectivity index (χ4n) is 6.95. The largest absolute Gasteiger partial charge is 0.497 e. The van der Waals surface area contributed by atoms with E-state index in [-0.39, 0.29) is 25.2 Å². The maximum Gasteiger partial charge on any atom is 0.168 e. The Bertz CT molecular complexity index is 1860. The lowest BCUT2D eigenvalue weighted by Crippen LogP contribution is -2.42. The first-order valence-corrected chi connectivity index (χ1v) is 16.6. The highest BCUT2D eigenvalue weighted by atomic mass is 19.1. The highest BCUT2D eigenvalue weighted by Gasteiger charge is 2.46. The van der Waals surface area contributed by atoms with Crippen LogP contribution in [0.3, 0.4) is 0 Å². The first-order valence-electron chi connectivity index (χ1n) is 16.6. The van der Waals surface area contributed by atoms with Crippen molar-refractivity contribution in [2.24, 2.45) is 0 Å². The standard InChI is InChI=1S/C40H39FN4O5/c1-44-26-45(38-37(44)35(42-25-43-38)23-36(46)27-10-6-4-7-11-27)39-34(41)22-33(50-39)24-49-40(28-12-8-5-9-13-28,29-14-18-31(47-2)19-15-29)30-16-20-32(48-3)21-17-30/h4-21,25,33-34,39H,22-24,26H2,1-3H3/t33?,34-,39?/m1/s1. The minimum Gasteiger partial charge on any atom is -0.497 e. The van der Waals surface area contributed by atoms with Gasteiger partial charge in [0.15, 0.2) is 17.8 Å². The molecule has 4 aromatic carbocycles. The Hall–Kier alpha value is -5.32.